The van der Waals surface area contributed by atoms with Gasteiger partial charge in [-0.05, 0) is 43.0 Å². The summed E-state index contributed by atoms with van der Waals surface area (Å²) in [5.74, 6) is 0.177. The second kappa shape index (κ2) is 5.22. The van der Waals surface area contributed by atoms with Crippen LogP contribution in [0.4, 0.5) is 0 Å². The summed E-state index contributed by atoms with van der Waals surface area (Å²) in [6, 6.07) is 18.6. The Morgan fingerprint density at radius 1 is 1.12 bits per heavy atom. The van der Waals surface area contributed by atoms with E-state index in [9.17, 15) is 4.79 Å². The van der Waals surface area contributed by atoms with Crippen LogP contribution in [0, 0.1) is 0 Å². The molecule has 2 unspecified atom stereocenters. The Kier molecular flexibility index (Phi) is 3.08. The highest BCUT2D eigenvalue weighted by Crippen LogP contribution is 2.46. The number of amides is 1. The molecule has 1 aliphatic heterocycles. The van der Waals surface area contributed by atoms with E-state index >= 15 is 0 Å². The summed E-state index contributed by atoms with van der Waals surface area (Å²) in [4.78, 5) is 18.8. The van der Waals surface area contributed by atoms with Crippen molar-refractivity contribution in [2.45, 2.75) is 37.6 Å². The Labute approximate surface area is 147 Å². The molecule has 2 aliphatic rings. The first-order valence-electron chi connectivity index (χ1n) is 9.12. The highest BCUT2D eigenvalue weighted by molar-refractivity contribution is 5.94. The van der Waals surface area contributed by atoms with Gasteiger partial charge in [-0.1, -0.05) is 43.3 Å². The van der Waals surface area contributed by atoms with Crippen LogP contribution in [0.5, 0.6) is 0 Å². The molecule has 2 bridgehead atoms. The van der Waals surface area contributed by atoms with Crippen molar-refractivity contribution in [3.8, 4) is 0 Å². The molecule has 1 amide bonds. The van der Waals surface area contributed by atoms with E-state index in [1.54, 1.807) is 0 Å². The molecule has 3 aromatic rings. The molecule has 1 aromatic heterocycles. The highest BCUT2D eigenvalue weighted by atomic mass is 16.2. The number of hydrogen-bond acceptors (Lipinski definition) is 1. The van der Waals surface area contributed by atoms with Crippen LogP contribution in [0.25, 0.3) is 10.9 Å². The Hall–Kier alpha value is -2.55. The average molecular weight is 330 g/mol. The topological polar surface area (TPSA) is 36.1 Å². The Morgan fingerprint density at radius 2 is 1.88 bits per heavy atom. The van der Waals surface area contributed by atoms with Gasteiger partial charge in [0.1, 0.15) is 0 Å². The molecule has 2 aromatic carbocycles. The van der Waals surface area contributed by atoms with Gasteiger partial charge in [0.2, 0.25) is 0 Å². The molecule has 2 heterocycles. The number of rotatable bonds is 1. The number of aromatic amines is 1. The molecule has 1 N–H and O–H groups in total. The smallest absolute Gasteiger partial charge is 0.254 e. The van der Waals surface area contributed by atoms with Crippen LogP contribution in [0.15, 0.2) is 54.6 Å². The molecular weight excluding hydrogens is 308 g/mol. The number of fused-ring (bicyclic) bond motifs is 6. The number of likely N-dealkylation sites (tertiary alicyclic amines) is 1. The summed E-state index contributed by atoms with van der Waals surface area (Å²) >= 11 is 0. The van der Waals surface area contributed by atoms with Crippen LogP contribution >= 0.6 is 0 Å². The van der Waals surface area contributed by atoms with Gasteiger partial charge in [-0.15, -0.1) is 0 Å². The first-order chi connectivity index (χ1) is 12.2. The summed E-state index contributed by atoms with van der Waals surface area (Å²) in [5, 5.41) is 1.32. The standard InChI is InChI=1S/C22H22N2O/c1-22-11-12-24(21(25)15-7-3-2-4-8-15)16(14-22)13-18-17-9-5-6-10-19(17)23-20(18)22/h2-10,16,23H,11-14H2,1H3. The maximum Gasteiger partial charge on any atom is 0.254 e. The minimum atomic E-state index is 0.144. The molecule has 1 aliphatic carbocycles. The second-order valence-corrected chi connectivity index (χ2v) is 7.76. The van der Waals surface area contributed by atoms with Crippen LogP contribution < -0.4 is 0 Å². The third-order valence-electron chi connectivity index (χ3n) is 6.17. The zero-order chi connectivity index (χ0) is 17.0. The number of aromatic nitrogens is 1. The highest BCUT2D eigenvalue weighted by Gasteiger charge is 2.45. The van der Waals surface area contributed by atoms with Crippen LogP contribution in [0.1, 0.15) is 41.4 Å². The van der Waals surface area contributed by atoms with Crippen molar-refractivity contribution < 1.29 is 4.79 Å². The molecule has 25 heavy (non-hydrogen) atoms. The van der Waals surface area contributed by atoms with Gasteiger partial charge in [-0.25, -0.2) is 0 Å². The van der Waals surface area contributed by atoms with Crippen molar-refractivity contribution in [1.29, 1.82) is 0 Å². The van der Waals surface area contributed by atoms with Gasteiger partial charge in [0.25, 0.3) is 5.91 Å². The average Bonchev–Trinajstić information content (AvgIpc) is 3.02. The van der Waals surface area contributed by atoms with Gasteiger partial charge in [-0.3, -0.25) is 4.79 Å². The summed E-state index contributed by atoms with van der Waals surface area (Å²) in [6.07, 6.45) is 3.01. The van der Waals surface area contributed by atoms with Crippen LogP contribution in [0.2, 0.25) is 0 Å². The number of carbonyl (C=O) groups excluding carboxylic acids is 1. The Balaban J connectivity index is 1.56. The van der Waals surface area contributed by atoms with Gasteiger partial charge in [0, 0.05) is 40.2 Å². The molecule has 5 rings (SSSR count). The molecule has 3 nitrogen and oxygen atoms in total. The van der Waals surface area contributed by atoms with Crippen LogP contribution in [-0.2, 0) is 11.8 Å². The third kappa shape index (κ3) is 2.15. The van der Waals surface area contributed by atoms with E-state index in [4.69, 9.17) is 0 Å². The van der Waals surface area contributed by atoms with E-state index < -0.39 is 0 Å². The quantitative estimate of drug-likeness (QED) is 0.710. The van der Waals surface area contributed by atoms with E-state index in [2.05, 4.69) is 41.1 Å². The predicted octanol–water partition coefficient (Wildman–Crippen LogP) is 4.29. The van der Waals surface area contributed by atoms with E-state index in [0.717, 1.165) is 31.4 Å². The molecule has 1 fully saturated rings. The molecule has 0 radical (unpaired) electrons. The van der Waals surface area contributed by atoms with Crippen molar-refractivity contribution in [2.75, 3.05) is 6.54 Å². The fourth-order valence-electron chi connectivity index (χ4n) is 4.87. The third-order valence-corrected chi connectivity index (χ3v) is 6.17. The normalized spacial score (nSPS) is 25.0. The Bertz CT molecular complexity index is 959. The minimum absolute atomic E-state index is 0.144. The number of para-hydroxylation sites is 1. The summed E-state index contributed by atoms with van der Waals surface area (Å²) in [6.45, 7) is 3.20. The predicted molar refractivity (Wildman–Crippen MR) is 99.9 cm³/mol. The van der Waals surface area contributed by atoms with Crippen molar-refractivity contribution in [3.05, 3.63) is 71.4 Å². The summed E-state index contributed by atoms with van der Waals surface area (Å²) in [7, 11) is 0. The zero-order valence-corrected chi connectivity index (χ0v) is 14.5. The lowest BCUT2D eigenvalue weighted by molar-refractivity contribution is 0.0486. The van der Waals surface area contributed by atoms with Gasteiger partial charge in [-0.2, -0.15) is 0 Å². The lowest BCUT2D eigenvalue weighted by Gasteiger charge is -2.48. The lowest BCUT2D eigenvalue weighted by Crippen LogP contribution is -2.54. The van der Waals surface area contributed by atoms with Gasteiger partial charge >= 0.3 is 0 Å². The van der Waals surface area contributed by atoms with Crippen LogP contribution in [-0.4, -0.2) is 28.4 Å². The fourth-order valence-corrected chi connectivity index (χ4v) is 4.87. The first-order valence-corrected chi connectivity index (χ1v) is 9.12. The number of nitrogens with zero attached hydrogens (tertiary/aromatic N) is 1. The zero-order valence-electron chi connectivity index (χ0n) is 14.5. The largest absolute Gasteiger partial charge is 0.358 e. The minimum Gasteiger partial charge on any atom is -0.358 e. The molecule has 3 heteroatoms. The fraction of sp³-hybridized carbons (Fsp3) is 0.318. The Morgan fingerprint density at radius 3 is 2.72 bits per heavy atom. The van der Waals surface area contributed by atoms with E-state index in [1.807, 2.05) is 30.3 Å². The van der Waals surface area contributed by atoms with E-state index in [-0.39, 0.29) is 17.4 Å². The van der Waals surface area contributed by atoms with Crippen molar-refractivity contribution in [3.63, 3.8) is 0 Å². The van der Waals surface area contributed by atoms with Crippen molar-refractivity contribution in [1.82, 2.24) is 9.88 Å². The number of nitrogens with one attached hydrogen (secondary N) is 1. The number of carbonyl (C=O) groups is 1. The second-order valence-electron chi connectivity index (χ2n) is 7.76. The van der Waals surface area contributed by atoms with E-state index in [0.29, 0.717) is 0 Å². The number of piperidine rings is 1. The lowest BCUT2D eigenvalue weighted by atomic mass is 9.67. The monoisotopic (exact) mass is 330 g/mol. The number of benzene rings is 2. The summed E-state index contributed by atoms with van der Waals surface area (Å²) < 4.78 is 0. The van der Waals surface area contributed by atoms with Crippen molar-refractivity contribution in [2.24, 2.45) is 0 Å². The van der Waals surface area contributed by atoms with Crippen LogP contribution in [0.3, 0.4) is 0 Å². The number of H-pyrrole nitrogens is 1. The maximum atomic E-state index is 13.0. The molecular formula is C22H22N2O. The molecule has 1 saturated heterocycles. The SMILES string of the molecule is CC12CCN(C(=O)c3ccccc3)C(Cc3c1[nH]c1ccccc31)C2. The molecule has 0 spiro atoms. The summed E-state index contributed by atoms with van der Waals surface area (Å²) in [5.41, 5.74) is 4.99. The van der Waals surface area contributed by atoms with Gasteiger partial charge in [0.05, 0.1) is 0 Å². The molecule has 0 saturated carbocycles. The molecule has 2 atom stereocenters. The van der Waals surface area contributed by atoms with Crippen molar-refractivity contribution >= 4 is 16.8 Å². The van der Waals surface area contributed by atoms with E-state index in [1.165, 1.54) is 22.2 Å². The number of hydrogen-bond donors (Lipinski definition) is 1. The molecule has 126 valence electrons. The first kappa shape index (κ1) is 14.8. The maximum absolute atomic E-state index is 13.0. The van der Waals surface area contributed by atoms with Gasteiger partial charge in [0.15, 0.2) is 0 Å². The van der Waals surface area contributed by atoms with Gasteiger partial charge < -0.3 is 9.88 Å².